The number of hydrogen-bond donors (Lipinski definition) is 0. The highest BCUT2D eigenvalue weighted by atomic mass is 16.6. The molecule has 0 radical (unpaired) electrons. The van der Waals surface area contributed by atoms with E-state index in [2.05, 4.69) is 10.1 Å². The van der Waals surface area contributed by atoms with E-state index in [1.165, 1.54) is 6.07 Å². The van der Waals surface area contributed by atoms with Gasteiger partial charge in [0.1, 0.15) is 0 Å². The van der Waals surface area contributed by atoms with Crippen LogP contribution >= 0.6 is 0 Å². The Morgan fingerprint density at radius 1 is 1.23 bits per heavy atom. The van der Waals surface area contributed by atoms with Crippen LogP contribution in [0.2, 0.25) is 0 Å². The fourth-order valence-corrected chi connectivity index (χ4v) is 3.16. The molecule has 2 aromatic heterocycles. The number of hydrogen-bond acceptors (Lipinski definition) is 5. The van der Waals surface area contributed by atoms with Crippen LogP contribution < -0.4 is 0 Å². The Kier molecular flexibility index (Phi) is 4.45. The second-order valence-electron chi connectivity index (χ2n) is 6.20. The zero-order valence-corrected chi connectivity index (χ0v) is 14.1. The molecular weight excluding hydrogens is 332 g/mol. The van der Waals surface area contributed by atoms with Gasteiger partial charge in [-0.1, -0.05) is 6.07 Å². The summed E-state index contributed by atoms with van der Waals surface area (Å²) < 4.78 is 7.70. The van der Waals surface area contributed by atoms with Gasteiger partial charge in [0, 0.05) is 30.3 Å². The van der Waals surface area contributed by atoms with Crippen molar-refractivity contribution in [3.8, 4) is 0 Å². The van der Waals surface area contributed by atoms with Crippen LogP contribution in [0.5, 0.6) is 0 Å². The largest absolute Gasteiger partial charge is 0.356 e. The van der Waals surface area contributed by atoms with Gasteiger partial charge in [-0.05, 0) is 49.6 Å². The van der Waals surface area contributed by atoms with E-state index < -0.39 is 0 Å². The number of pyridine rings is 1. The number of rotatable bonds is 4. The lowest BCUT2D eigenvalue weighted by Gasteiger charge is -2.23. The minimum absolute atomic E-state index is 0.0501. The summed E-state index contributed by atoms with van der Waals surface area (Å²) >= 11 is 0. The predicted molar refractivity (Wildman–Crippen MR) is 98.4 cm³/mol. The number of ether oxygens (including phenoxy) is 1. The summed E-state index contributed by atoms with van der Waals surface area (Å²) in [6, 6.07) is 10.5. The lowest BCUT2D eigenvalue weighted by molar-refractivity contribution is -0.384. The van der Waals surface area contributed by atoms with Gasteiger partial charge >= 0.3 is 0 Å². The second-order valence-corrected chi connectivity index (χ2v) is 6.20. The number of non-ortho nitro benzene ring substituents is 1. The first-order valence-corrected chi connectivity index (χ1v) is 8.60. The Morgan fingerprint density at radius 3 is 2.88 bits per heavy atom. The lowest BCUT2D eigenvalue weighted by atomic mass is 10.1. The van der Waals surface area contributed by atoms with E-state index in [4.69, 9.17) is 4.74 Å². The Hall–Kier alpha value is -3.06. The molecule has 26 heavy (non-hydrogen) atoms. The second kappa shape index (κ2) is 7.05. The van der Waals surface area contributed by atoms with Crippen molar-refractivity contribution < 1.29 is 9.66 Å². The molecule has 0 N–H and O–H groups in total. The highest BCUT2D eigenvalue weighted by molar-refractivity contribution is 5.91. The smallest absolute Gasteiger partial charge is 0.270 e. The van der Waals surface area contributed by atoms with Gasteiger partial charge < -0.3 is 4.74 Å². The molecule has 1 fully saturated rings. The van der Waals surface area contributed by atoms with Gasteiger partial charge in [-0.3, -0.25) is 15.1 Å². The zero-order valence-electron chi connectivity index (χ0n) is 14.1. The van der Waals surface area contributed by atoms with Gasteiger partial charge in [0.15, 0.2) is 6.23 Å². The highest BCUT2D eigenvalue weighted by Gasteiger charge is 2.21. The minimum atomic E-state index is -0.389. The number of nitro benzene ring substituents is 1. The van der Waals surface area contributed by atoms with Crippen LogP contribution in [0, 0.1) is 10.1 Å². The molecule has 132 valence electrons. The molecule has 1 aromatic carbocycles. The molecule has 7 heteroatoms. The Balaban J connectivity index is 1.80. The van der Waals surface area contributed by atoms with Crippen LogP contribution in [0.25, 0.3) is 23.1 Å². The van der Waals surface area contributed by atoms with E-state index in [0.717, 1.165) is 35.9 Å². The third-order valence-corrected chi connectivity index (χ3v) is 4.46. The molecule has 1 atom stereocenters. The van der Waals surface area contributed by atoms with Gasteiger partial charge in [0.05, 0.1) is 21.8 Å². The van der Waals surface area contributed by atoms with Crippen LogP contribution in [0.15, 0.2) is 42.6 Å². The molecule has 0 bridgehead atoms. The first kappa shape index (κ1) is 16.4. The Labute approximate surface area is 150 Å². The van der Waals surface area contributed by atoms with E-state index >= 15 is 0 Å². The van der Waals surface area contributed by atoms with Crippen molar-refractivity contribution in [1.82, 2.24) is 14.8 Å². The van der Waals surface area contributed by atoms with E-state index in [9.17, 15) is 10.1 Å². The summed E-state index contributed by atoms with van der Waals surface area (Å²) in [5.41, 5.74) is 2.36. The van der Waals surface area contributed by atoms with Crippen molar-refractivity contribution in [1.29, 1.82) is 0 Å². The Bertz CT molecular complexity index is 960. The molecule has 0 amide bonds. The van der Waals surface area contributed by atoms with Crippen molar-refractivity contribution >= 4 is 28.7 Å². The van der Waals surface area contributed by atoms with Crippen molar-refractivity contribution in [2.24, 2.45) is 0 Å². The maximum atomic E-state index is 11.2. The fraction of sp³-hybridized carbons (Fsp3) is 0.263. The van der Waals surface area contributed by atoms with E-state index in [1.807, 2.05) is 35.0 Å². The molecule has 7 nitrogen and oxygen atoms in total. The molecule has 1 unspecified atom stereocenters. The van der Waals surface area contributed by atoms with Gasteiger partial charge in [-0.25, -0.2) is 4.68 Å². The van der Waals surface area contributed by atoms with Gasteiger partial charge in [-0.15, -0.1) is 0 Å². The van der Waals surface area contributed by atoms with Gasteiger partial charge in [0.25, 0.3) is 5.69 Å². The third-order valence-electron chi connectivity index (χ3n) is 4.46. The lowest BCUT2D eigenvalue weighted by Crippen LogP contribution is -2.19. The summed E-state index contributed by atoms with van der Waals surface area (Å²) in [7, 11) is 0. The summed E-state index contributed by atoms with van der Waals surface area (Å²) in [4.78, 5) is 15.0. The molecule has 0 spiro atoms. The first-order chi connectivity index (χ1) is 12.7. The van der Waals surface area contributed by atoms with Crippen molar-refractivity contribution in [2.45, 2.75) is 25.5 Å². The molecule has 1 saturated heterocycles. The van der Waals surface area contributed by atoms with Gasteiger partial charge in [-0.2, -0.15) is 5.10 Å². The number of aromatic nitrogens is 3. The first-order valence-electron chi connectivity index (χ1n) is 8.60. The van der Waals surface area contributed by atoms with Crippen LogP contribution in [0.4, 0.5) is 5.69 Å². The van der Waals surface area contributed by atoms with Crippen molar-refractivity contribution in [3.63, 3.8) is 0 Å². The molecule has 3 heterocycles. The van der Waals surface area contributed by atoms with Crippen LogP contribution in [0.3, 0.4) is 0 Å². The quantitative estimate of drug-likeness (QED) is 0.520. The monoisotopic (exact) mass is 350 g/mol. The number of nitrogens with zero attached hydrogens (tertiary/aromatic N) is 4. The number of nitro groups is 1. The van der Waals surface area contributed by atoms with Gasteiger partial charge in [0.2, 0.25) is 0 Å². The fourth-order valence-electron chi connectivity index (χ4n) is 3.16. The predicted octanol–water partition coefficient (Wildman–Crippen LogP) is 4.21. The summed E-state index contributed by atoms with van der Waals surface area (Å²) in [6.07, 6.45) is 8.30. The summed E-state index contributed by atoms with van der Waals surface area (Å²) in [6.45, 7) is 0.706. The normalized spacial score (nSPS) is 17.8. The van der Waals surface area contributed by atoms with Crippen molar-refractivity contribution in [2.75, 3.05) is 6.61 Å². The number of benzene rings is 1. The topological polar surface area (TPSA) is 83.1 Å². The third kappa shape index (κ3) is 3.21. The van der Waals surface area contributed by atoms with E-state index in [-0.39, 0.29) is 16.8 Å². The molecule has 4 rings (SSSR count). The number of fused-ring (bicyclic) bond motifs is 1. The molecule has 1 aliphatic heterocycles. The average Bonchev–Trinajstić information content (AvgIpc) is 3.06. The van der Waals surface area contributed by atoms with Crippen LogP contribution in [-0.4, -0.2) is 26.3 Å². The standard InChI is InChI=1S/C19H18N4O3/c24-23(25)15-8-10-18-16(13-15)17(9-7-14-5-1-3-11-20-14)21-22(18)19-6-2-4-12-26-19/h1,3,5,7-11,13,19H,2,4,6,12H2/b9-7+. The average molecular weight is 350 g/mol. The molecule has 0 aliphatic carbocycles. The molecule has 0 saturated carbocycles. The highest BCUT2D eigenvalue weighted by Crippen LogP contribution is 2.31. The maximum absolute atomic E-state index is 11.2. The molecule has 1 aliphatic rings. The Morgan fingerprint density at radius 2 is 2.15 bits per heavy atom. The summed E-state index contributed by atoms with van der Waals surface area (Å²) in [5.74, 6) is 0. The molecule has 3 aromatic rings. The SMILES string of the molecule is O=[N+]([O-])c1ccc2c(c1)c(/C=C/c1ccccn1)nn2C1CCCCO1. The minimum Gasteiger partial charge on any atom is -0.356 e. The van der Waals surface area contributed by atoms with Crippen LogP contribution in [0.1, 0.15) is 36.9 Å². The van der Waals surface area contributed by atoms with E-state index in [1.54, 1.807) is 18.3 Å². The van der Waals surface area contributed by atoms with Crippen molar-refractivity contribution in [3.05, 3.63) is 64.1 Å². The zero-order chi connectivity index (χ0) is 17.9. The van der Waals surface area contributed by atoms with Crippen LogP contribution in [-0.2, 0) is 4.74 Å². The maximum Gasteiger partial charge on any atom is 0.270 e. The van der Waals surface area contributed by atoms with E-state index in [0.29, 0.717) is 12.3 Å². The molecular formula is C19H18N4O3. The summed E-state index contributed by atoms with van der Waals surface area (Å²) in [5, 5.41) is 16.6.